The second kappa shape index (κ2) is 4.02. The van der Waals surface area contributed by atoms with Crippen molar-refractivity contribution in [1.82, 2.24) is 0 Å². The van der Waals surface area contributed by atoms with E-state index in [4.69, 9.17) is 4.74 Å². The van der Waals surface area contributed by atoms with E-state index in [9.17, 15) is 5.11 Å². The minimum Gasteiger partial charge on any atom is -0.497 e. The van der Waals surface area contributed by atoms with E-state index in [0.29, 0.717) is 17.9 Å². The Labute approximate surface area is 103 Å². The average Bonchev–Trinajstić information content (AvgIpc) is 3.02. The summed E-state index contributed by atoms with van der Waals surface area (Å²) in [5.74, 6) is 2.20. The first-order chi connectivity index (χ1) is 8.31. The highest BCUT2D eigenvalue weighted by molar-refractivity contribution is 5.39. The van der Waals surface area contributed by atoms with E-state index in [0.717, 1.165) is 11.7 Å². The van der Waals surface area contributed by atoms with E-state index < -0.39 is 0 Å². The summed E-state index contributed by atoms with van der Waals surface area (Å²) in [6.45, 7) is 0.336. The lowest BCUT2D eigenvalue weighted by Crippen LogP contribution is -2.29. The maximum atomic E-state index is 9.45. The van der Waals surface area contributed by atoms with Gasteiger partial charge in [-0.05, 0) is 48.8 Å². The first-order valence-corrected chi connectivity index (χ1v) is 6.56. The molecule has 0 saturated heterocycles. The Balaban J connectivity index is 1.88. The Morgan fingerprint density at radius 1 is 1.29 bits per heavy atom. The van der Waals surface area contributed by atoms with Gasteiger partial charge in [-0.15, -0.1) is 0 Å². The molecule has 0 amide bonds. The topological polar surface area (TPSA) is 29.5 Å². The molecule has 1 N–H and O–H groups in total. The summed E-state index contributed by atoms with van der Waals surface area (Å²) >= 11 is 0. The van der Waals surface area contributed by atoms with Crippen LogP contribution in [0.15, 0.2) is 24.3 Å². The van der Waals surface area contributed by atoms with Crippen LogP contribution < -0.4 is 4.74 Å². The zero-order valence-electron chi connectivity index (χ0n) is 10.4. The Bertz CT molecular complexity index is 394. The molecule has 92 valence electrons. The maximum absolute atomic E-state index is 9.45. The van der Waals surface area contributed by atoms with Crippen LogP contribution in [-0.4, -0.2) is 18.8 Å². The predicted octanol–water partition coefficient (Wildman–Crippen LogP) is 2.75. The number of benzene rings is 1. The minimum absolute atomic E-state index is 0.291. The highest BCUT2D eigenvalue weighted by atomic mass is 16.5. The zero-order chi connectivity index (χ0) is 11.9. The van der Waals surface area contributed by atoms with Crippen LogP contribution in [0.4, 0.5) is 0 Å². The molecule has 0 bridgehead atoms. The van der Waals surface area contributed by atoms with Crippen LogP contribution in [0.5, 0.6) is 5.75 Å². The number of aliphatic hydroxyl groups excluding tert-OH is 1. The number of aliphatic hydroxyl groups is 1. The van der Waals surface area contributed by atoms with E-state index in [-0.39, 0.29) is 0 Å². The fourth-order valence-electron chi connectivity index (χ4n) is 3.49. The van der Waals surface area contributed by atoms with Gasteiger partial charge in [0, 0.05) is 12.0 Å². The van der Waals surface area contributed by atoms with E-state index in [1.54, 1.807) is 7.11 Å². The van der Waals surface area contributed by atoms with Crippen molar-refractivity contribution in [3.8, 4) is 5.75 Å². The van der Waals surface area contributed by atoms with Crippen molar-refractivity contribution in [2.24, 2.45) is 11.8 Å². The van der Waals surface area contributed by atoms with Crippen molar-refractivity contribution in [3.05, 3.63) is 29.8 Å². The van der Waals surface area contributed by atoms with Crippen molar-refractivity contribution in [2.45, 2.75) is 31.1 Å². The number of hydrogen-bond donors (Lipinski definition) is 1. The van der Waals surface area contributed by atoms with Crippen molar-refractivity contribution in [3.63, 3.8) is 0 Å². The molecule has 0 radical (unpaired) electrons. The molecule has 2 saturated carbocycles. The molecule has 2 nitrogen and oxygen atoms in total. The van der Waals surface area contributed by atoms with Crippen LogP contribution in [0.3, 0.4) is 0 Å². The van der Waals surface area contributed by atoms with E-state index in [1.807, 2.05) is 12.1 Å². The monoisotopic (exact) mass is 232 g/mol. The van der Waals surface area contributed by atoms with Crippen LogP contribution >= 0.6 is 0 Å². The largest absolute Gasteiger partial charge is 0.497 e. The Hall–Kier alpha value is -1.02. The number of hydrogen-bond acceptors (Lipinski definition) is 2. The van der Waals surface area contributed by atoms with Crippen molar-refractivity contribution >= 4 is 0 Å². The van der Waals surface area contributed by atoms with E-state index in [2.05, 4.69) is 12.1 Å². The summed E-state index contributed by atoms with van der Waals surface area (Å²) in [5.41, 5.74) is 1.70. The van der Waals surface area contributed by atoms with E-state index in [1.165, 1.54) is 31.2 Å². The lowest BCUT2D eigenvalue weighted by molar-refractivity contribution is 0.197. The van der Waals surface area contributed by atoms with Crippen molar-refractivity contribution < 1.29 is 9.84 Å². The quantitative estimate of drug-likeness (QED) is 0.865. The van der Waals surface area contributed by atoms with Gasteiger partial charge in [0.05, 0.1) is 7.11 Å². The Kier molecular flexibility index (Phi) is 2.62. The first kappa shape index (κ1) is 11.1. The SMILES string of the molecule is COc1ccc(C2(C3CCC3)CC2CO)cc1. The van der Waals surface area contributed by atoms with Gasteiger partial charge in [-0.25, -0.2) is 0 Å². The minimum atomic E-state index is 0.291. The lowest BCUT2D eigenvalue weighted by atomic mass is 9.69. The number of methoxy groups -OCH3 is 1. The predicted molar refractivity (Wildman–Crippen MR) is 67.2 cm³/mol. The standard InChI is InChI=1S/C15H20O2/c1-17-14-7-5-12(6-8-14)15(9-13(15)10-16)11-3-2-4-11/h5-8,11,13,16H,2-4,9-10H2,1H3. The number of ether oxygens (including phenoxy) is 1. The molecule has 2 aliphatic rings. The first-order valence-electron chi connectivity index (χ1n) is 6.56. The normalized spacial score (nSPS) is 32.0. The van der Waals surface area contributed by atoms with Gasteiger partial charge >= 0.3 is 0 Å². The fourth-order valence-corrected chi connectivity index (χ4v) is 3.49. The summed E-state index contributed by atoms with van der Waals surface area (Å²) in [5, 5.41) is 9.45. The number of rotatable bonds is 4. The summed E-state index contributed by atoms with van der Waals surface area (Å²) < 4.78 is 5.21. The molecule has 1 aromatic carbocycles. The third-order valence-electron chi connectivity index (χ3n) is 4.83. The van der Waals surface area contributed by atoms with Crippen LogP contribution in [0.25, 0.3) is 0 Å². The van der Waals surface area contributed by atoms with Gasteiger partial charge in [0.25, 0.3) is 0 Å². The Morgan fingerprint density at radius 2 is 2.00 bits per heavy atom. The molecule has 2 atom stereocenters. The van der Waals surface area contributed by atoms with Gasteiger partial charge in [-0.2, -0.15) is 0 Å². The molecular weight excluding hydrogens is 212 g/mol. The molecular formula is C15H20O2. The van der Waals surface area contributed by atoms with Gasteiger partial charge in [0.2, 0.25) is 0 Å². The Morgan fingerprint density at radius 3 is 2.41 bits per heavy atom. The highest BCUT2D eigenvalue weighted by Crippen LogP contribution is 2.63. The molecule has 3 rings (SSSR count). The molecule has 0 spiro atoms. The fraction of sp³-hybridized carbons (Fsp3) is 0.600. The van der Waals surface area contributed by atoms with Crippen LogP contribution in [0.1, 0.15) is 31.2 Å². The molecule has 2 unspecified atom stereocenters. The third kappa shape index (κ3) is 1.58. The molecule has 2 fully saturated rings. The second-order valence-electron chi connectivity index (χ2n) is 5.48. The molecule has 1 aromatic rings. The third-order valence-corrected chi connectivity index (χ3v) is 4.83. The zero-order valence-corrected chi connectivity index (χ0v) is 10.4. The summed E-state index contributed by atoms with van der Waals surface area (Å²) in [6, 6.07) is 8.46. The smallest absolute Gasteiger partial charge is 0.118 e. The molecule has 2 heteroatoms. The second-order valence-corrected chi connectivity index (χ2v) is 5.48. The van der Waals surface area contributed by atoms with Gasteiger partial charge < -0.3 is 9.84 Å². The van der Waals surface area contributed by atoms with Gasteiger partial charge in [-0.1, -0.05) is 18.6 Å². The summed E-state index contributed by atoms with van der Waals surface area (Å²) in [6.07, 6.45) is 5.20. The average molecular weight is 232 g/mol. The van der Waals surface area contributed by atoms with Gasteiger partial charge in [-0.3, -0.25) is 0 Å². The highest BCUT2D eigenvalue weighted by Gasteiger charge is 2.60. The van der Waals surface area contributed by atoms with Gasteiger partial charge in [0.1, 0.15) is 5.75 Å². The lowest BCUT2D eigenvalue weighted by Gasteiger charge is -2.35. The van der Waals surface area contributed by atoms with Crippen LogP contribution in [-0.2, 0) is 5.41 Å². The molecule has 0 heterocycles. The molecule has 2 aliphatic carbocycles. The van der Waals surface area contributed by atoms with Gasteiger partial charge in [0.15, 0.2) is 0 Å². The summed E-state index contributed by atoms with van der Waals surface area (Å²) in [4.78, 5) is 0. The van der Waals surface area contributed by atoms with Crippen LogP contribution in [0, 0.1) is 11.8 Å². The molecule has 0 aliphatic heterocycles. The van der Waals surface area contributed by atoms with Crippen molar-refractivity contribution in [2.75, 3.05) is 13.7 Å². The maximum Gasteiger partial charge on any atom is 0.118 e. The van der Waals surface area contributed by atoms with Crippen LogP contribution in [0.2, 0.25) is 0 Å². The molecule has 17 heavy (non-hydrogen) atoms. The summed E-state index contributed by atoms with van der Waals surface area (Å²) in [7, 11) is 1.70. The van der Waals surface area contributed by atoms with E-state index >= 15 is 0 Å². The van der Waals surface area contributed by atoms with Crippen molar-refractivity contribution in [1.29, 1.82) is 0 Å². The molecule has 0 aromatic heterocycles.